The van der Waals surface area contributed by atoms with Crippen LogP contribution in [0.5, 0.6) is 0 Å². The summed E-state index contributed by atoms with van der Waals surface area (Å²) >= 11 is 0. The van der Waals surface area contributed by atoms with E-state index in [4.69, 9.17) is 9.15 Å². The first-order valence-electron chi connectivity index (χ1n) is 8.96. The molecule has 0 unspecified atom stereocenters. The standard InChI is InChI=1S/C20H24N2O3/c1-14-4-6-16(7-5-14)22-9-8-15-11-18(25-19(15)13-22)20(23)21-12-17-3-2-10-24-17/h2-7,10,15,18-19H,8-9,11-13H2,1H3,(H,21,23)/t15-,18+,19+/m1/s1. The summed E-state index contributed by atoms with van der Waals surface area (Å²) < 4.78 is 11.3. The first kappa shape index (κ1) is 16.2. The second-order valence-corrected chi connectivity index (χ2v) is 7.03. The van der Waals surface area contributed by atoms with Gasteiger partial charge in [-0.3, -0.25) is 4.79 Å². The number of nitrogens with zero attached hydrogens (tertiary/aromatic N) is 1. The summed E-state index contributed by atoms with van der Waals surface area (Å²) in [7, 11) is 0. The molecule has 0 saturated carbocycles. The predicted molar refractivity (Wildman–Crippen MR) is 95.3 cm³/mol. The van der Waals surface area contributed by atoms with Crippen LogP contribution in [0.1, 0.15) is 24.2 Å². The number of carbonyl (C=O) groups is 1. The maximum atomic E-state index is 12.4. The highest BCUT2D eigenvalue weighted by atomic mass is 16.5. The number of rotatable bonds is 4. The minimum absolute atomic E-state index is 0.0346. The van der Waals surface area contributed by atoms with Gasteiger partial charge in [0.05, 0.1) is 18.9 Å². The number of piperidine rings is 1. The van der Waals surface area contributed by atoms with Gasteiger partial charge in [0.2, 0.25) is 5.91 Å². The lowest BCUT2D eigenvalue weighted by Gasteiger charge is -2.35. The summed E-state index contributed by atoms with van der Waals surface area (Å²) in [4.78, 5) is 14.7. The molecular weight excluding hydrogens is 316 g/mol. The van der Waals surface area contributed by atoms with Crippen molar-refractivity contribution in [2.24, 2.45) is 5.92 Å². The molecule has 1 aromatic carbocycles. The molecule has 4 rings (SSSR count). The van der Waals surface area contributed by atoms with Crippen LogP contribution in [-0.4, -0.2) is 31.2 Å². The van der Waals surface area contributed by atoms with Gasteiger partial charge < -0.3 is 19.4 Å². The van der Waals surface area contributed by atoms with E-state index in [2.05, 4.69) is 41.4 Å². The lowest BCUT2D eigenvalue weighted by Crippen LogP contribution is -2.42. The van der Waals surface area contributed by atoms with Crippen LogP contribution in [0.2, 0.25) is 0 Å². The lowest BCUT2D eigenvalue weighted by atomic mass is 9.91. The largest absolute Gasteiger partial charge is 0.467 e. The number of anilines is 1. The number of amides is 1. The molecule has 2 saturated heterocycles. The molecule has 3 heterocycles. The number of carbonyl (C=O) groups excluding carboxylic acids is 1. The molecule has 3 atom stereocenters. The van der Waals surface area contributed by atoms with Gasteiger partial charge in [0.15, 0.2) is 0 Å². The Balaban J connectivity index is 1.33. The van der Waals surface area contributed by atoms with Crippen molar-refractivity contribution in [2.75, 3.05) is 18.0 Å². The molecule has 2 fully saturated rings. The predicted octanol–water partition coefficient (Wildman–Crippen LogP) is 2.89. The normalized spacial score (nSPS) is 25.6. The van der Waals surface area contributed by atoms with E-state index in [1.165, 1.54) is 11.3 Å². The highest BCUT2D eigenvalue weighted by Crippen LogP contribution is 2.35. The third kappa shape index (κ3) is 3.56. The zero-order valence-electron chi connectivity index (χ0n) is 14.5. The minimum atomic E-state index is -0.345. The van der Waals surface area contributed by atoms with Crippen molar-refractivity contribution in [1.29, 1.82) is 0 Å². The molecule has 0 bridgehead atoms. The molecule has 2 aliphatic rings. The molecular formula is C20H24N2O3. The number of fused-ring (bicyclic) bond motifs is 1. The Kier molecular flexibility index (Phi) is 4.49. The minimum Gasteiger partial charge on any atom is -0.467 e. The number of hydrogen-bond donors (Lipinski definition) is 1. The summed E-state index contributed by atoms with van der Waals surface area (Å²) in [6.07, 6.45) is 3.29. The molecule has 2 aromatic rings. The van der Waals surface area contributed by atoms with E-state index in [1.54, 1.807) is 6.26 Å². The molecule has 1 amide bonds. The van der Waals surface area contributed by atoms with Gasteiger partial charge >= 0.3 is 0 Å². The Morgan fingerprint density at radius 1 is 1.28 bits per heavy atom. The zero-order chi connectivity index (χ0) is 17.2. The fourth-order valence-electron chi connectivity index (χ4n) is 3.79. The van der Waals surface area contributed by atoms with Gasteiger partial charge in [-0.05, 0) is 49.9 Å². The molecule has 25 heavy (non-hydrogen) atoms. The Hall–Kier alpha value is -2.27. The Bertz CT molecular complexity index is 711. The zero-order valence-corrected chi connectivity index (χ0v) is 14.5. The first-order chi connectivity index (χ1) is 12.2. The van der Waals surface area contributed by atoms with Gasteiger partial charge in [-0.15, -0.1) is 0 Å². The van der Waals surface area contributed by atoms with E-state index < -0.39 is 0 Å². The lowest BCUT2D eigenvalue weighted by molar-refractivity contribution is -0.132. The molecule has 2 aliphatic heterocycles. The molecule has 1 N–H and O–H groups in total. The highest BCUT2D eigenvalue weighted by Gasteiger charge is 2.41. The van der Waals surface area contributed by atoms with Gasteiger partial charge in [0.1, 0.15) is 11.9 Å². The van der Waals surface area contributed by atoms with Crippen molar-refractivity contribution in [1.82, 2.24) is 5.32 Å². The van der Waals surface area contributed by atoms with E-state index in [1.807, 2.05) is 12.1 Å². The molecule has 5 nitrogen and oxygen atoms in total. The Morgan fingerprint density at radius 2 is 2.12 bits per heavy atom. The Labute approximate surface area is 148 Å². The van der Waals surface area contributed by atoms with Crippen LogP contribution in [0, 0.1) is 12.8 Å². The van der Waals surface area contributed by atoms with Crippen LogP contribution in [0.15, 0.2) is 47.1 Å². The van der Waals surface area contributed by atoms with Crippen molar-refractivity contribution >= 4 is 11.6 Å². The maximum Gasteiger partial charge on any atom is 0.249 e. The van der Waals surface area contributed by atoms with Crippen molar-refractivity contribution in [3.63, 3.8) is 0 Å². The second kappa shape index (κ2) is 6.92. The fourth-order valence-corrected chi connectivity index (χ4v) is 3.79. The van der Waals surface area contributed by atoms with Gasteiger partial charge in [-0.1, -0.05) is 17.7 Å². The summed E-state index contributed by atoms with van der Waals surface area (Å²) in [6.45, 7) is 4.39. The number of nitrogens with one attached hydrogen (secondary N) is 1. The molecule has 5 heteroatoms. The topological polar surface area (TPSA) is 54.7 Å². The summed E-state index contributed by atoms with van der Waals surface area (Å²) in [5.74, 6) is 1.20. The average molecular weight is 340 g/mol. The van der Waals surface area contributed by atoms with E-state index in [0.717, 1.165) is 31.7 Å². The van der Waals surface area contributed by atoms with Gasteiger partial charge in [0, 0.05) is 18.8 Å². The number of furan rings is 1. The molecule has 1 aromatic heterocycles. The maximum absolute atomic E-state index is 12.4. The smallest absolute Gasteiger partial charge is 0.249 e. The van der Waals surface area contributed by atoms with Crippen LogP contribution in [-0.2, 0) is 16.1 Å². The van der Waals surface area contributed by atoms with Crippen LogP contribution < -0.4 is 10.2 Å². The van der Waals surface area contributed by atoms with Crippen LogP contribution in [0.4, 0.5) is 5.69 Å². The summed E-state index contributed by atoms with van der Waals surface area (Å²) in [5, 5.41) is 2.91. The highest BCUT2D eigenvalue weighted by molar-refractivity contribution is 5.81. The molecule has 0 aliphatic carbocycles. The Morgan fingerprint density at radius 3 is 2.88 bits per heavy atom. The van der Waals surface area contributed by atoms with Crippen LogP contribution in [0.3, 0.4) is 0 Å². The number of hydrogen-bond acceptors (Lipinski definition) is 4. The fraction of sp³-hybridized carbons (Fsp3) is 0.450. The van der Waals surface area contributed by atoms with E-state index in [9.17, 15) is 4.79 Å². The van der Waals surface area contributed by atoms with Crippen LogP contribution in [0.25, 0.3) is 0 Å². The van der Waals surface area contributed by atoms with Gasteiger partial charge in [-0.25, -0.2) is 0 Å². The third-order valence-electron chi connectivity index (χ3n) is 5.26. The number of aryl methyl sites for hydroxylation is 1. The summed E-state index contributed by atoms with van der Waals surface area (Å²) in [6, 6.07) is 12.3. The van der Waals surface area contributed by atoms with E-state index >= 15 is 0 Å². The van der Waals surface area contributed by atoms with E-state index in [-0.39, 0.29) is 18.1 Å². The third-order valence-corrected chi connectivity index (χ3v) is 5.26. The quantitative estimate of drug-likeness (QED) is 0.930. The van der Waals surface area contributed by atoms with Crippen LogP contribution >= 0.6 is 0 Å². The number of ether oxygens (including phenoxy) is 1. The van der Waals surface area contributed by atoms with Crippen molar-refractivity contribution in [3.8, 4) is 0 Å². The van der Waals surface area contributed by atoms with Crippen molar-refractivity contribution in [3.05, 3.63) is 54.0 Å². The monoisotopic (exact) mass is 340 g/mol. The average Bonchev–Trinajstić information content (AvgIpc) is 3.29. The summed E-state index contributed by atoms with van der Waals surface area (Å²) in [5.41, 5.74) is 2.50. The molecule has 0 spiro atoms. The first-order valence-corrected chi connectivity index (χ1v) is 8.96. The van der Waals surface area contributed by atoms with Gasteiger partial charge in [-0.2, -0.15) is 0 Å². The number of benzene rings is 1. The van der Waals surface area contributed by atoms with Gasteiger partial charge in [0.25, 0.3) is 0 Å². The van der Waals surface area contributed by atoms with E-state index in [0.29, 0.717) is 12.5 Å². The SMILES string of the molecule is Cc1ccc(N2CC[C@@H]3C[C@@H](C(=O)NCc4ccco4)O[C@H]3C2)cc1. The second-order valence-electron chi connectivity index (χ2n) is 7.03. The van der Waals surface area contributed by atoms with Crippen molar-refractivity contribution in [2.45, 2.75) is 38.5 Å². The molecule has 0 radical (unpaired) electrons. The molecule has 132 valence electrons. The van der Waals surface area contributed by atoms with Crippen molar-refractivity contribution < 1.29 is 13.9 Å².